The Bertz CT molecular complexity index is 774. The summed E-state index contributed by atoms with van der Waals surface area (Å²) < 4.78 is 29.4. The summed E-state index contributed by atoms with van der Waals surface area (Å²) in [5.41, 5.74) is 6.37. The van der Waals surface area contributed by atoms with E-state index in [1.54, 1.807) is 24.5 Å². The fourth-order valence-electron chi connectivity index (χ4n) is 2.26. The average Bonchev–Trinajstić information content (AvgIpc) is 2.95. The van der Waals surface area contributed by atoms with Gasteiger partial charge in [0.2, 0.25) is 10.0 Å². The van der Waals surface area contributed by atoms with Crippen LogP contribution in [0.15, 0.2) is 33.9 Å². The van der Waals surface area contributed by atoms with Gasteiger partial charge in [-0.25, -0.2) is 8.42 Å². The molecule has 3 rings (SSSR count). The first-order chi connectivity index (χ1) is 10.0. The zero-order chi connectivity index (χ0) is 15.0. The van der Waals surface area contributed by atoms with Crippen LogP contribution < -0.4 is 5.73 Å². The van der Waals surface area contributed by atoms with E-state index in [0.29, 0.717) is 29.9 Å². The zero-order valence-corrected chi connectivity index (χ0v) is 13.5. The summed E-state index contributed by atoms with van der Waals surface area (Å²) in [5.74, 6) is 0.649. The molecule has 2 aromatic rings. The summed E-state index contributed by atoms with van der Waals surface area (Å²) in [6.07, 6.45) is 1.62. The Hall–Kier alpha value is -1.29. The Labute approximate surface area is 130 Å². The molecule has 21 heavy (non-hydrogen) atoms. The van der Waals surface area contributed by atoms with E-state index < -0.39 is 10.0 Å². The van der Waals surface area contributed by atoms with Crippen molar-refractivity contribution in [1.82, 2.24) is 19.1 Å². The van der Waals surface area contributed by atoms with Gasteiger partial charge in [-0.15, -0.1) is 10.2 Å². The van der Waals surface area contributed by atoms with Gasteiger partial charge in [-0.2, -0.15) is 4.31 Å². The van der Waals surface area contributed by atoms with Gasteiger partial charge in [-0.05, 0) is 33.6 Å². The minimum Gasteiger partial charge on any atom is -0.326 e. The number of nitrogens with two attached hydrogens (primary N) is 1. The highest BCUT2D eigenvalue weighted by Gasteiger charge is 2.30. The van der Waals surface area contributed by atoms with Crippen LogP contribution in [0.3, 0.4) is 0 Å². The van der Waals surface area contributed by atoms with Crippen LogP contribution in [-0.4, -0.2) is 34.0 Å². The van der Waals surface area contributed by atoms with Crippen molar-refractivity contribution in [2.24, 2.45) is 5.73 Å². The van der Waals surface area contributed by atoms with Gasteiger partial charge >= 0.3 is 0 Å². The largest absolute Gasteiger partial charge is 0.326 e. The maximum atomic E-state index is 12.8. The Morgan fingerprint density at radius 1 is 1.33 bits per heavy atom. The Morgan fingerprint density at radius 3 is 2.90 bits per heavy atom. The van der Waals surface area contributed by atoms with Crippen molar-refractivity contribution in [2.75, 3.05) is 6.54 Å². The van der Waals surface area contributed by atoms with Crippen molar-refractivity contribution in [3.63, 3.8) is 0 Å². The summed E-state index contributed by atoms with van der Waals surface area (Å²) in [6, 6.07) is 5.12. The van der Waals surface area contributed by atoms with Crippen molar-refractivity contribution < 1.29 is 8.42 Å². The molecule has 9 heteroatoms. The van der Waals surface area contributed by atoms with Crippen LogP contribution in [0.1, 0.15) is 11.4 Å². The quantitative estimate of drug-likeness (QED) is 0.856. The number of aromatic nitrogens is 3. The molecule has 1 aromatic heterocycles. The third kappa shape index (κ3) is 2.61. The molecule has 0 saturated carbocycles. The molecule has 2 heterocycles. The highest BCUT2D eigenvalue weighted by molar-refractivity contribution is 9.10. The van der Waals surface area contributed by atoms with Gasteiger partial charge in [-0.3, -0.25) is 0 Å². The second kappa shape index (κ2) is 5.48. The molecule has 0 saturated heterocycles. The van der Waals surface area contributed by atoms with E-state index in [1.165, 1.54) is 4.31 Å². The number of nitrogens with zero attached hydrogens (tertiary/aromatic N) is 4. The molecule has 0 fully saturated rings. The van der Waals surface area contributed by atoms with Crippen LogP contribution in [0.5, 0.6) is 0 Å². The molecule has 1 aliphatic heterocycles. The minimum absolute atomic E-state index is 0.224. The van der Waals surface area contributed by atoms with Crippen LogP contribution >= 0.6 is 15.9 Å². The lowest BCUT2D eigenvalue weighted by atomic mass is 10.2. The summed E-state index contributed by atoms with van der Waals surface area (Å²) in [5, 5.41) is 7.75. The number of hydrogen-bond donors (Lipinski definition) is 1. The topological polar surface area (TPSA) is 94.1 Å². The maximum absolute atomic E-state index is 12.8. The minimum atomic E-state index is -3.60. The molecule has 0 aliphatic carbocycles. The van der Waals surface area contributed by atoms with E-state index in [0.717, 1.165) is 5.56 Å². The van der Waals surface area contributed by atoms with Gasteiger partial charge < -0.3 is 10.3 Å². The summed E-state index contributed by atoms with van der Waals surface area (Å²) >= 11 is 3.31. The number of hydrogen-bond acceptors (Lipinski definition) is 5. The third-order valence-electron chi connectivity index (χ3n) is 3.45. The van der Waals surface area contributed by atoms with Crippen LogP contribution in [0.2, 0.25) is 0 Å². The molecule has 0 unspecified atom stereocenters. The Morgan fingerprint density at radius 2 is 2.14 bits per heavy atom. The van der Waals surface area contributed by atoms with Gasteiger partial charge in [0.1, 0.15) is 12.2 Å². The molecule has 0 spiro atoms. The van der Waals surface area contributed by atoms with E-state index in [9.17, 15) is 8.42 Å². The zero-order valence-electron chi connectivity index (χ0n) is 11.1. The lowest BCUT2D eigenvalue weighted by Gasteiger charge is -2.26. The molecule has 1 aromatic carbocycles. The van der Waals surface area contributed by atoms with Crippen LogP contribution in [-0.2, 0) is 29.7 Å². The molecule has 0 amide bonds. The molecule has 1 aliphatic rings. The predicted molar refractivity (Wildman–Crippen MR) is 79.7 cm³/mol. The molecule has 0 bridgehead atoms. The molecule has 2 N–H and O–H groups in total. The van der Waals surface area contributed by atoms with Crippen LogP contribution in [0.4, 0.5) is 0 Å². The monoisotopic (exact) mass is 371 g/mol. The predicted octanol–water partition coefficient (Wildman–Crippen LogP) is 0.704. The van der Waals surface area contributed by atoms with Crippen molar-refractivity contribution in [3.8, 4) is 0 Å². The highest BCUT2D eigenvalue weighted by Crippen LogP contribution is 2.28. The number of rotatable bonds is 3. The van der Waals surface area contributed by atoms with E-state index >= 15 is 0 Å². The lowest BCUT2D eigenvalue weighted by molar-refractivity contribution is 0.335. The summed E-state index contributed by atoms with van der Waals surface area (Å²) in [4.78, 5) is 0.235. The van der Waals surface area contributed by atoms with E-state index in [1.807, 2.05) is 4.57 Å². The van der Waals surface area contributed by atoms with Gasteiger partial charge in [0.15, 0.2) is 0 Å². The average molecular weight is 372 g/mol. The van der Waals surface area contributed by atoms with Crippen LogP contribution in [0, 0.1) is 0 Å². The second-order valence-corrected chi connectivity index (χ2v) is 7.51. The summed E-state index contributed by atoms with van der Waals surface area (Å²) in [7, 11) is -3.60. The Balaban J connectivity index is 1.98. The third-order valence-corrected chi connectivity index (χ3v) is 6.29. The fraction of sp³-hybridized carbons (Fsp3) is 0.333. The smallest absolute Gasteiger partial charge is 0.244 e. The molecule has 0 radical (unpaired) electrons. The van der Waals surface area contributed by atoms with E-state index in [4.69, 9.17) is 5.73 Å². The first kappa shape index (κ1) is 14.6. The number of fused-ring (bicyclic) bond motifs is 1. The molecular formula is C12H14BrN5O2S. The Kier molecular flexibility index (Phi) is 3.82. The summed E-state index contributed by atoms with van der Waals surface area (Å²) in [6.45, 7) is 1.47. The first-order valence-electron chi connectivity index (χ1n) is 6.37. The van der Waals surface area contributed by atoms with Gasteiger partial charge in [0, 0.05) is 24.1 Å². The fourth-order valence-corrected chi connectivity index (χ4v) is 4.62. The van der Waals surface area contributed by atoms with Gasteiger partial charge in [0.05, 0.1) is 11.4 Å². The van der Waals surface area contributed by atoms with Crippen molar-refractivity contribution >= 4 is 26.0 Å². The van der Waals surface area contributed by atoms with E-state index in [2.05, 4.69) is 26.1 Å². The molecule has 112 valence electrons. The van der Waals surface area contributed by atoms with E-state index in [-0.39, 0.29) is 11.4 Å². The lowest BCUT2D eigenvalue weighted by Crippen LogP contribution is -2.38. The second-order valence-electron chi connectivity index (χ2n) is 4.75. The normalized spacial score (nSPS) is 15.9. The standard InChI is InChI=1S/C12H14BrN5O2S/c13-10-2-1-9(6-14)5-11(10)21(19,20)18-4-3-17-8-15-16-12(17)7-18/h1-2,5,8H,3-4,6-7,14H2. The van der Waals surface area contributed by atoms with Crippen molar-refractivity contribution in [3.05, 3.63) is 40.4 Å². The number of halogens is 1. The first-order valence-corrected chi connectivity index (χ1v) is 8.61. The molecule has 7 nitrogen and oxygen atoms in total. The molecule has 0 atom stereocenters. The highest BCUT2D eigenvalue weighted by atomic mass is 79.9. The van der Waals surface area contributed by atoms with Gasteiger partial charge in [0.25, 0.3) is 0 Å². The van der Waals surface area contributed by atoms with Crippen LogP contribution in [0.25, 0.3) is 0 Å². The number of sulfonamides is 1. The van der Waals surface area contributed by atoms with Crippen molar-refractivity contribution in [2.45, 2.75) is 24.5 Å². The van der Waals surface area contributed by atoms with Crippen molar-refractivity contribution in [1.29, 1.82) is 0 Å². The van der Waals surface area contributed by atoms with Gasteiger partial charge in [-0.1, -0.05) is 6.07 Å². The SMILES string of the molecule is NCc1ccc(Br)c(S(=O)(=O)N2CCn3cnnc3C2)c1. The molecular weight excluding hydrogens is 358 g/mol. The maximum Gasteiger partial charge on any atom is 0.244 e. The number of benzene rings is 1.